The van der Waals surface area contributed by atoms with E-state index in [9.17, 15) is 4.79 Å². The number of tetrazole rings is 1. The number of anilines is 1. The van der Waals surface area contributed by atoms with Crippen LogP contribution in [0.25, 0.3) is 16.3 Å². The summed E-state index contributed by atoms with van der Waals surface area (Å²) in [4.78, 5) is 16.8. The Hall–Kier alpha value is -3.59. The lowest BCUT2D eigenvalue weighted by molar-refractivity contribution is 0.252. The van der Waals surface area contributed by atoms with Crippen LogP contribution in [0.3, 0.4) is 0 Å². The number of carbonyl (C=O) groups is 1. The van der Waals surface area contributed by atoms with E-state index in [4.69, 9.17) is 0 Å². The third kappa shape index (κ3) is 4.82. The smallest absolute Gasteiger partial charge is 0.319 e. The molecular weight excluding hydrogens is 386 g/mol. The first-order valence-electron chi connectivity index (χ1n) is 9.07. The second kappa shape index (κ2) is 8.61. The van der Waals surface area contributed by atoms with Crippen LogP contribution in [0.2, 0.25) is 0 Å². The first kappa shape index (κ1) is 18.8. The second-order valence-electron chi connectivity index (χ2n) is 6.44. The van der Waals surface area contributed by atoms with Gasteiger partial charge in [0.15, 0.2) is 0 Å². The molecule has 4 aromatic rings. The fourth-order valence-electron chi connectivity index (χ4n) is 2.71. The number of nitrogens with zero attached hydrogens (tertiary/aromatic N) is 5. The number of benzene rings is 2. The van der Waals surface area contributed by atoms with E-state index in [2.05, 4.69) is 62.3 Å². The number of urea groups is 1. The van der Waals surface area contributed by atoms with Gasteiger partial charge >= 0.3 is 6.03 Å². The van der Waals surface area contributed by atoms with Crippen molar-refractivity contribution in [3.05, 3.63) is 71.5 Å². The predicted octanol–water partition coefficient (Wildman–Crippen LogP) is 3.46. The lowest BCUT2D eigenvalue weighted by atomic mass is 10.2. The maximum atomic E-state index is 12.1. The predicted molar refractivity (Wildman–Crippen MR) is 112 cm³/mol. The summed E-state index contributed by atoms with van der Waals surface area (Å²) in [6.07, 6.45) is 2.19. The average molecular weight is 405 g/mol. The van der Waals surface area contributed by atoms with Crippen molar-refractivity contribution in [1.82, 2.24) is 30.5 Å². The van der Waals surface area contributed by atoms with Crippen LogP contribution in [0.4, 0.5) is 10.5 Å². The van der Waals surface area contributed by atoms with Crippen molar-refractivity contribution in [3.63, 3.8) is 0 Å². The van der Waals surface area contributed by atoms with Crippen LogP contribution in [0.15, 0.2) is 60.2 Å². The van der Waals surface area contributed by atoms with Crippen LogP contribution in [-0.2, 0) is 6.42 Å². The van der Waals surface area contributed by atoms with Crippen LogP contribution >= 0.6 is 11.3 Å². The van der Waals surface area contributed by atoms with Crippen LogP contribution in [0.1, 0.15) is 11.3 Å². The van der Waals surface area contributed by atoms with Crippen molar-refractivity contribution in [2.45, 2.75) is 13.3 Å². The van der Waals surface area contributed by atoms with Crippen molar-refractivity contribution in [1.29, 1.82) is 0 Å². The molecule has 9 heteroatoms. The lowest BCUT2D eigenvalue weighted by Crippen LogP contribution is -2.30. The normalized spacial score (nSPS) is 10.7. The highest BCUT2D eigenvalue weighted by molar-refractivity contribution is 7.13. The number of aromatic nitrogens is 5. The molecule has 0 spiro atoms. The van der Waals surface area contributed by atoms with Gasteiger partial charge in [0, 0.05) is 29.6 Å². The lowest BCUT2D eigenvalue weighted by Gasteiger charge is -2.07. The van der Waals surface area contributed by atoms with E-state index in [0.717, 1.165) is 22.0 Å². The van der Waals surface area contributed by atoms with Crippen molar-refractivity contribution in [3.8, 4) is 16.3 Å². The molecule has 0 aliphatic rings. The Morgan fingerprint density at radius 2 is 1.90 bits per heavy atom. The molecule has 2 aromatic heterocycles. The Morgan fingerprint density at radius 3 is 2.62 bits per heavy atom. The molecule has 146 valence electrons. The number of carbonyl (C=O) groups excluding carboxylic acids is 1. The van der Waals surface area contributed by atoms with Crippen LogP contribution in [-0.4, -0.2) is 37.8 Å². The van der Waals surface area contributed by atoms with Gasteiger partial charge in [0.2, 0.25) is 0 Å². The number of hydrogen-bond donors (Lipinski definition) is 2. The summed E-state index contributed by atoms with van der Waals surface area (Å²) in [5.74, 6) is 0. The van der Waals surface area contributed by atoms with Crippen molar-refractivity contribution in [2.24, 2.45) is 0 Å². The Kier molecular flexibility index (Phi) is 5.57. The zero-order chi connectivity index (χ0) is 20.1. The maximum absolute atomic E-state index is 12.1. The molecule has 2 aromatic carbocycles. The van der Waals surface area contributed by atoms with E-state index in [1.807, 2.05) is 17.5 Å². The summed E-state index contributed by atoms with van der Waals surface area (Å²) >= 11 is 1.61. The topological polar surface area (TPSA) is 97.6 Å². The molecule has 29 heavy (non-hydrogen) atoms. The number of aryl methyl sites for hydroxylation is 1. The minimum atomic E-state index is -0.255. The third-order valence-corrected chi connectivity index (χ3v) is 5.20. The van der Waals surface area contributed by atoms with Gasteiger partial charge in [0.05, 0.1) is 11.4 Å². The number of rotatable bonds is 6. The van der Waals surface area contributed by atoms with Gasteiger partial charge < -0.3 is 10.6 Å². The third-order valence-electron chi connectivity index (χ3n) is 4.26. The van der Waals surface area contributed by atoms with Gasteiger partial charge in [0.25, 0.3) is 0 Å². The van der Waals surface area contributed by atoms with E-state index < -0.39 is 0 Å². The van der Waals surface area contributed by atoms with Crippen LogP contribution in [0.5, 0.6) is 0 Å². The molecule has 0 unspecified atom stereocenters. The first-order chi connectivity index (χ1) is 14.2. The van der Waals surface area contributed by atoms with Gasteiger partial charge in [-0.15, -0.1) is 16.4 Å². The molecule has 0 saturated heterocycles. The van der Waals surface area contributed by atoms with Gasteiger partial charge in [-0.2, -0.15) is 0 Å². The SMILES string of the molecule is Cc1ccc(-c2nc(CCNC(=O)Nc3ccc(-n4cnnn4)cc3)cs2)cc1. The zero-order valence-corrected chi connectivity index (χ0v) is 16.6. The number of amides is 2. The summed E-state index contributed by atoms with van der Waals surface area (Å²) in [6.45, 7) is 2.57. The van der Waals surface area contributed by atoms with Crippen molar-refractivity contribution in [2.75, 3.05) is 11.9 Å². The molecule has 2 amide bonds. The molecule has 0 atom stereocenters. The van der Waals surface area contributed by atoms with E-state index in [-0.39, 0.29) is 6.03 Å². The second-order valence-corrected chi connectivity index (χ2v) is 7.30. The summed E-state index contributed by atoms with van der Waals surface area (Å²) in [7, 11) is 0. The fraction of sp³-hybridized carbons (Fsp3) is 0.150. The Bertz CT molecular complexity index is 1070. The fourth-order valence-corrected chi connectivity index (χ4v) is 3.57. The van der Waals surface area contributed by atoms with Gasteiger partial charge in [-0.1, -0.05) is 29.8 Å². The van der Waals surface area contributed by atoms with Crippen molar-refractivity contribution < 1.29 is 4.79 Å². The molecule has 0 aliphatic heterocycles. The Balaban J connectivity index is 1.25. The number of nitrogens with one attached hydrogen (secondary N) is 2. The largest absolute Gasteiger partial charge is 0.337 e. The van der Waals surface area contributed by atoms with Gasteiger partial charge in [-0.05, 0) is 41.6 Å². The summed E-state index contributed by atoms with van der Waals surface area (Å²) < 4.78 is 1.54. The molecule has 0 fully saturated rings. The molecule has 0 bridgehead atoms. The standard InChI is InChI=1S/C20H19N7OS/c1-14-2-4-15(5-3-14)19-23-17(12-29-19)10-11-21-20(28)24-16-6-8-18(9-7-16)27-13-22-25-26-27/h2-9,12-13H,10-11H2,1H3,(H2,21,24,28). The molecular formula is C20H19N7OS. The summed E-state index contributed by atoms with van der Waals surface area (Å²) in [5.41, 5.74) is 4.81. The molecule has 0 radical (unpaired) electrons. The monoisotopic (exact) mass is 405 g/mol. The highest BCUT2D eigenvalue weighted by atomic mass is 32.1. The van der Waals surface area contributed by atoms with Crippen LogP contribution in [0, 0.1) is 6.92 Å². The quantitative estimate of drug-likeness (QED) is 0.512. The van der Waals surface area contributed by atoms with Gasteiger partial charge in [0.1, 0.15) is 11.3 Å². The first-order valence-corrected chi connectivity index (χ1v) is 9.95. The Labute approximate surface area is 171 Å². The summed E-state index contributed by atoms with van der Waals surface area (Å²) in [6, 6.07) is 15.3. The zero-order valence-electron chi connectivity index (χ0n) is 15.7. The molecule has 0 saturated carbocycles. The minimum Gasteiger partial charge on any atom is -0.337 e. The molecule has 4 rings (SSSR count). The Morgan fingerprint density at radius 1 is 1.10 bits per heavy atom. The van der Waals surface area contributed by atoms with E-state index in [1.165, 1.54) is 11.9 Å². The van der Waals surface area contributed by atoms with Crippen LogP contribution < -0.4 is 10.6 Å². The highest BCUT2D eigenvalue weighted by Gasteiger charge is 2.06. The minimum absolute atomic E-state index is 0.255. The molecule has 2 heterocycles. The van der Waals surface area contributed by atoms with Crippen molar-refractivity contribution >= 4 is 23.1 Å². The van der Waals surface area contributed by atoms with E-state index in [1.54, 1.807) is 28.2 Å². The maximum Gasteiger partial charge on any atom is 0.319 e. The van der Waals surface area contributed by atoms with Gasteiger partial charge in [-0.3, -0.25) is 0 Å². The molecule has 8 nitrogen and oxygen atoms in total. The average Bonchev–Trinajstić information content (AvgIpc) is 3.42. The highest BCUT2D eigenvalue weighted by Crippen LogP contribution is 2.24. The molecule has 2 N–H and O–H groups in total. The number of hydrogen-bond acceptors (Lipinski definition) is 6. The number of thiazole rings is 1. The molecule has 0 aliphatic carbocycles. The van der Waals surface area contributed by atoms with Gasteiger partial charge in [-0.25, -0.2) is 14.5 Å². The van der Waals surface area contributed by atoms with E-state index >= 15 is 0 Å². The summed E-state index contributed by atoms with van der Waals surface area (Å²) in [5, 5.41) is 19.7. The van der Waals surface area contributed by atoms with E-state index in [0.29, 0.717) is 18.7 Å².